The summed E-state index contributed by atoms with van der Waals surface area (Å²) in [5.41, 5.74) is 3.17. The number of carbonyl (C=O) groups is 1. The molecule has 122 valence electrons. The van der Waals surface area contributed by atoms with Crippen LogP contribution in [0, 0.1) is 6.92 Å². The van der Waals surface area contributed by atoms with Gasteiger partial charge >= 0.3 is 0 Å². The number of nitrogens with zero attached hydrogens (tertiary/aromatic N) is 1. The van der Waals surface area contributed by atoms with Crippen LogP contribution in [-0.4, -0.2) is 37.9 Å². The Hall–Kier alpha value is -1.68. The molecule has 1 unspecified atom stereocenters. The lowest BCUT2D eigenvalue weighted by Gasteiger charge is -2.25. The molecule has 0 amide bonds. The lowest BCUT2D eigenvalue weighted by atomic mass is 10.0. The highest BCUT2D eigenvalue weighted by atomic mass is 35.5. The molecule has 0 aliphatic heterocycles. The maximum Gasteiger partial charge on any atom is 0.176 e. The van der Waals surface area contributed by atoms with Gasteiger partial charge in [-0.15, -0.1) is 0 Å². The van der Waals surface area contributed by atoms with Gasteiger partial charge < -0.3 is 10.2 Å². The Labute approximate surface area is 143 Å². The summed E-state index contributed by atoms with van der Waals surface area (Å²) in [6.07, 6.45) is 0. The molecule has 1 atom stereocenters. The van der Waals surface area contributed by atoms with Crippen LogP contribution >= 0.6 is 11.6 Å². The van der Waals surface area contributed by atoms with Gasteiger partial charge in [-0.2, -0.15) is 0 Å². The normalized spacial score (nSPS) is 12.4. The molecule has 3 nitrogen and oxygen atoms in total. The molecule has 0 bridgehead atoms. The maximum atomic E-state index is 12.2. The van der Waals surface area contributed by atoms with Crippen molar-refractivity contribution in [3.05, 3.63) is 70.2 Å². The largest absolute Gasteiger partial charge is 0.308 e. The van der Waals surface area contributed by atoms with E-state index in [1.165, 1.54) is 11.1 Å². The minimum Gasteiger partial charge on any atom is -0.308 e. The van der Waals surface area contributed by atoms with Crippen molar-refractivity contribution < 1.29 is 4.79 Å². The van der Waals surface area contributed by atoms with E-state index in [0.29, 0.717) is 17.1 Å². The van der Waals surface area contributed by atoms with Crippen LogP contribution in [0.3, 0.4) is 0 Å². The number of benzene rings is 2. The van der Waals surface area contributed by atoms with Gasteiger partial charge in [-0.3, -0.25) is 4.79 Å². The summed E-state index contributed by atoms with van der Waals surface area (Å²) in [6, 6.07) is 15.7. The van der Waals surface area contributed by atoms with E-state index in [-0.39, 0.29) is 11.8 Å². The second-order valence-electron chi connectivity index (χ2n) is 5.95. The molecule has 0 fully saturated rings. The summed E-state index contributed by atoms with van der Waals surface area (Å²) in [6.45, 7) is 3.12. The van der Waals surface area contributed by atoms with E-state index in [1.807, 2.05) is 14.1 Å². The van der Waals surface area contributed by atoms with Crippen LogP contribution < -0.4 is 5.32 Å². The Balaban J connectivity index is 1.93. The Morgan fingerprint density at radius 2 is 1.70 bits per heavy atom. The molecule has 0 radical (unpaired) electrons. The number of Topliss-reactive ketones (excluding diaryl/α,β-unsaturated/α-hetero) is 1. The van der Waals surface area contributed by atoms with Crippen LogP contribution in [0.4, 0.5) is 0 Å². The number of nitrogens with one attached hydrogen (secondary N) is 1. The minimum atomic E-state index is 0.0723. The number of rotatable bonds is 7. The second-order valence-corrected chi connectivity index (χ2v) is 6.39. The minimum absolute atomic E-state index is 0.0723. The molecule has 2 aromatic rings. The van der Waals surface area contributed by atoms with Crippen molar-refractivity contribution in [1.29, 1.82) is 0 Å². The third kappa shape index (κ3) is 5.17. The van der Waals surface area contributed by atoms with Gasteiger partial charge in [-0.1, -0.05) is 41.4 Å². The van der Waals surface area contributed by atoms with Crippen molar-refractivity contribution >= 4 is 17.4 Å². The summed E-state index contributed by atoms with van der Waals surface area (Å²) in [5.74, 6) is 0.0723. The number of likely N-dealkylation sites (N-methyl/N-ethyl adjacent to an activating group) is 1. The van der Waals surface area contributed by atoms with E-state index in [4.69, 9.17) is 11.6 Å². The van der Waals surface area contributed by atoms with Crippen LogP contribution in [0.1, 0.15) is 27.5 Å². The number of hydrogen-bond acceptors (Lipinski definition) is 3. The van der Waals surface area contributed by atoms with E-state index in [0.717, 1.165) is 6.54 Å². The van der Waals surface area contributed by atoms with Crippen LogP contribution in [0.5, 0.6) is 0 Å². The van der Waals surface area contributed by atoms with E-state index in [1.54, 1.807) is 24.3 Å². The average molecular weight is 331 g/mol. The number of hydrogen-bond donors (Lipinski definition) is 1. The van der Waals surface area contributed by atoms with Gasteiger partial charge in [-0.05, 0) is 50.8 Å². The molecule has 23 heavy (non-hydrogen) atoms. The van der Waals surface area contributed by atoms with E-state index in [2.05, 4.69) is 41.4 Å². The van der Waals surface area contributed by atoms with Crippen molar-refractivity contribution in [2.75, 3.05) is 27.2 Å². The lowest BCUT2D eigenvalue weighted by Crippen LogP contribution is -2.33. The topological polar surface area (TPSA) is 32.3 Å². The highest BCUT2D eigenvalue weighted by molar-refractivity contribution is 6.30. The lowest BCUT2D eigenvalue weighted by molar-refractivity contribution is 0.0988. The van der Waals surface area contributed by atoms with Gasteiger partial charge in [0.2, 0.25) is 0 Å². The Morgan fingerprint density at radius 3 is 2.26 bits per heavy atom. The van der Waals surface area contributed by atoms with E-state index >= 15 is 0 Å². The summed E-state index contributed by atoms with van der Waals surface area (Å²) in [7, 11) is 4.10. The van der Waals surface area contributed by atoms with E-state index in [9.17, 15) is 4.79 Å². The third-order valence-electron chi connectivity index (χ3n) is 3.87. The van der Waals surface area contributed by atoms with Crippen molar-refractivity contribution in [2.45, 2.75) is 13.0 Å². The SMILES string of the molecule is Cc1ccc(C(CNCC(=O)c2ccc(Cl)cc2)N(C)C)cc1. The van der Waals surface area contributed by atoms with Gasteiger partial charge in [0.25, 0.3) is 0 Å². The van der Waals surface area contributed by atoms with Crippen LogP contribution in [-0.2, 0) is 0 Å². The van der Waals surface area contributed by atoms with Gasteiger partial charge in [0, 0.05) is 23.2 Å². The standard InChI is InChI=1S/C19H23ClN2O/c1-14-4-6-15(7-5-14)18(22(2)3)12-21-13-19(23)16-8-10-17(20)11-9-16/h4-11,18,21H,12-13H2,1-3H3. The smallest absolute Gasteiger partial charge is 0.176 e. The Bertz CT molecular complexity index is 635. The van der Waals surface area contributed by atoms with E-state index < -0.39 is 0 Å². The van der Waals surface area contributed by atoms with Gasteiger partial charge in [0.15, 0.2) is 5.78 Å². The molecule has 0 aliphatic carbocycles. The summed E-state index contributed by atoms with van der Waals surface area (Å²) in [4.78, 5) is 14.3. The first kappa shape index (κ1) is 17.7. The molecule has 0 saturated heterocycles. The molecular formula is C19H23ClN2O. The van der Waals surface area contributed by atoms with Gasteiger partial charge in [0.1, 0.15) is 0 Å². The fraction of sp³-hybridized carbons (Fsp3) is 0.316. The number of aryl methyl sites for hydroxylation is 1. The summed E-state index contributed by atoms with van der Waals surface area (Å²) < 4.78 is 0. The molecule has 0 spiro atoms. The monoisotopic (exact) mass is 330 g/mol. The Kier molecular flexibility index (Phi) is 6.34. The van der Waals surface area contributed by atoms with Crippen molar-refractivity contribution in [2.24, 2.45) is 0 Å². The van der Waals surface area contributed by atoms with Crippen molar-refractivity contribution in [3.63, 3.8) is 0 Å². The molecule has 4 heteroatoms. The maximum absolute atomic E-state index is 12.2. The predicted octanol–water partition coefficient (Wildman–Crippen LogP) is 3.72. The third-order valence-corrected chi connectivity index (χ3v) is 4.13. The first-order chi connectivity index (χ1) is 11.0. The summed E-state index contributed by atoms with van der Waals surface area (Å²) >= 11 is 5.84. The van der Waals surface area contributed by atoms with Crippen molar-refractivity contribution in [1.82, 2.24) is 10.2 Å². The number of halogens is 1. The van der Waals surface area contributed by atoms with Crippen LogP contribution in [0.25, 0.3) is 0 Å². The fourth-order valence-electron chi connectivity index (χ4n) is 2.45. The van der Waals surface area contributed by atoms with Crippen LogP contribution in [0.15, 0.2) is 48.5 Å². The summed E-state index contributed by atoms with van der Waals surface area (Å²) in [5, 5.41) is 3.91. The first-order valence-corrected chi connectivity index (χ1v) is 8.07. The van der Waals surface area contributed by atoms with Crippen molar-refractivity contribution in [3.8, 4) is 0 Å². The molecule has 0 aromatic heterocycles. The quantitative estimate of drug-likeness (QED) is 0.785. The van der Waals surface area contributed by atoms with Crippen LogP contribution in [0.2, 0.25) is 5.02 Å². The second kappa shape index (κ2) is 8.25. The number of carbonyl (C=O) groups excluding carboxylic acids is 1. The molecule has 0 aliphatic rings. The first-order valence-electron chi connectivity index (χ1n) is 7.70. The molecule has 0 saturated carbocycles. The highest BCUT2D eigenvalue weighted by Gasteiger charge is 2.14. The zero-order valence-electron chi connectivity index (χ0n) is 13.8. The van der Waals surface area contributed by atoms with Gasteiger partial charge in [-0.25, -0.2) is 0 Å². The fourth-order valence-corrected chi connectivity index (χ4v) is 2.57. The molecule has 0 heterocycles. The zero-order chi connectivity index (χ0) is 16.8. The molecule has 2 aromatic carbocycles. The zero-order valence-corrected chi connectivity index (χ0v) is 14.6. The molecule has 2 rings (SSSR count). The highest BCUT2D eigenvalue weighted by Crippen LogP contribution is 2.18. The predicted molar refractivity (Wildman–Crippen MR) is 96.3 cm³/mol. The Morgan fingerprint density at radius 1 is 1.09 bits per heavy atom. The average Bonchev–Trinajstić information content (AvgIpc) is 2.53. The number of ketones is 1. The molecular weight excluding hydrogens is 308 g/mol. The molecule has 1 N–H and O–H groups in total. The van der Waals surface area contributed by atoms with Gasteiger partial charge in [0.05, 0.1) is 6.54 Å².